The van der Waals surface area contributed by atoms with E-state index < -0.39 is 0 Å². The predicted octanol–water partition coefficient (Wildman–Crippen LogP) is -0.0855. The first-order valence-electron chi connectivity index (χ1n) is 8.47. The van der Waals surface area contributed by atoms with Gasteiger partial charge in [-0.25, -0.2) is 0 Å². The quantitative estimate of drug-likeness (QED) is 0.743. The van der Waals surface area contributed by atoms with E-state index in [0.717, 1.165) is 45.6 Å². The molecule has 2 aliphatic heterocycles. The van der Waals surface area contributed by atoms with Gasteiger partial charge >= 0.3 is 0 Å². The molecule has 0 spiro atoms. The molecule has 22 heavy (non-hydrogen) atoms. The van der Waals surface area contributed by atoms with Crippen molar-refractivity contribution in [1.29, 1.82) is 0 Å². The van der Waals surface area contributed by atoms with E-state index in [0.29, 0.717) is 12.5 Å². The van der Waals surface area contributed by atoms with Gasteiger partial charge in [-0.3, -0.25) is 4.79 Å². The Morgan fingerprint density at radius 2 is 2.14 bits per heavy atom. The average Bonchev–Trinajstić information content (AvgIpc) is 2.48. The van der Waals surface area contributed by atoms with Crippen molar-refractivity contribution < 1.29 is 14.6 Å². The number of aliphatic hydroxyl groups is 1. The van der Waals surface area contributed by atoms with Crippen LogP contribution in [0.15, 0.2) is 0 Å². The Balaban J connectivity index is 1.75. The fourth-order valence-electron chi connectivity index (χ4n) is 3.45. The Bertz CT molecular complexity index is 357. The summed E-state index contributed by atoms with van der Waals surface area (Å²) in [4.78, 5) is 16.7. The number of β-amino-alcohol motifs (C(OH)–C–C–N with tert-alkyl or cyclic N) is 1. The van der Waals surface area contributed by atoms with E-state index in [1.54, 1.807) is 0 Å². The predicted molar refractivity (Wildman–Crippen MR) is 85.7 cm³/mol. The number of piperidine rings is 1. The van der Waals surface area contributed by atoms with E-state index in [4.69, 9.17) is 4.74 Å². The van der Waals surface area contributed by atoms with Crippen LogP contribution < -0.4 is 5.32 Å². The van der Waals surface area contributed by atoms with Crippen LogP contribution in [0.25, 0.3) is 0 Å². The standard InChI is InChI=1S/C16H31N3O3/c1-12(20)10-19-7-4-14(5-8-19)11-18(3)16(21)15-13(2)22-9-6-17-15/h12-15,17,20H,4-11H2,1-3H3/t12?,13-,15+/m1/s1. The van der Waals surface area contributed by atoms with Gasteiger partial charge in [0.1, 0.15) is 6.04 Å². The second kappa shape index (κ2) is 8.24. The Kier molecular flexibility index (Phi) is 6.62. The number of amides is 1. The zero-order valence-electron chi connectivity index (χ0n) is 14.1. The Morgan fingerprint density at radius 3 is 2.73 bits per heavy atom. The normalized spacial score (nSPS) is 29.3. The number of nitrogens with one attached hydrogen (secondary N) is 1. The van der Waals surface area contributed by atoms with Gasteiger partial charge in [0.15, 0.2) is 0 Å². The molecule has 2 rings (SSSR count). The molecule has 2 fully saturated rings. The molecule has 128 valence electrons. The highest BCUT2D eigenvalue weighted by Gasteiger charge is 2.31. The number of rotatable bonds is 5. The summed E-state index contributed by atoms with van der Waals surface area (Å²) in [5, 5.41) is 12.7. The Labute approximate surface area is 133 Å². The second-order valence-corrected chi connectivity index (χ2v) is 6.82. The number of hydrogen-bond acceptors (Lipinski definition) is 5. The van der Waals surface area contributed by atoms with Crippen LogP contribution in [0.5, 0.6) is 0 Å². The number of nitrogens with zero attached hydrogens (tertiary/aromatic N) is 2. The van der Waals surface area contributed by atoms with Crippen LogP contribution in [0, 0.1) is 5.92 Å². The van der Waals surface area contributed by atoms with Crippen molar-refractivity contribution >= 4 is 5.91 Å². The molecular weight excluding hydrogens is 282 g/mol. The summed E-state index contributed by atoms with van der Waals surface area (Å²) in [6.45, 7) is 8.80. The molecule has 6 nitrogen and oxygen atoms in total. The largest absolute Gasteiger partial charge is 0.392 e. The summed E-state index contributed by atoms with van der Waals surface area (Å²) in [6.07, 6.45) is 1.86. The summed E-state index contributed by atoms with van der Waals surface area (Å²) in [5.74, 6) is 0.692. The maximum Gasteiger partial charge on any atom is 0.242 e. The van der Waals surface area contributed by atoms with Crippen molar-refractivity contribution in [1.82, 2.24) is 15.1 Å². The monoisotopic (exact) mass is 313 g/mol. The Morgan fingerprint density at radius 1 is 1.45 bits per heavy atom. The minimum atomic E-state index is -0.264. The zero-order valence-corrected chi connectivity index (χ0v) is 14.1. The number of hydrogen-bond donors (Lipinski definition) is 2. The highest BCUT2D eigenvalue weighted by molar-refractivity contribution is 5.82. The number of carbonyl (C=O) groups is 1. The summed E-state index contributed by atoms with van der Waals surface area (Å²) >= 11 is 0. The van der Waals surface area contributed by atoms with E-state index in [2.05, 4.69) is 10.2 Å². The van der Waals surface area contributed by atoms with Crippen LogP contribution in [0.4, 0.5) is 0 Å². The molecule has 0 bridgehead atoms. The minimum absolute atomic E-state index is 0.0587. The lowest BCUT2D eigenvalue weighted by Gasteiger charge is -2.36. The van der Waals surface area contributed by atoms with Gasteiger partial charge in [0.2, 0.25) is 5.91 Å². The maximum absolute atomic E-state index is 12.5. The molecule has 2 N–H and O–H groups in total. The van der Waals surface area contributed by atoms with Crippen LogP contribution in [0.3, 0.4) is 0 Å². The SMILES string of the molecule is CC(O)CN1CCC(CN(C)C(=O)[C@H]2NCCO[C@@H]2C)CC1. The van der Waals surface area contributed by atoms with E-state index in [1.807, 2.05) is 25.8 Å². The van der Waals surface area contributed by atoms with Crippen LogP contribution in [0.1, 0.15) is 26.7 Å². The lowest BCUT2D eigenvalue weighted by molar-refractivity contribution is -0.138. The molecule has 0 aromatic heterocycles. The lowest BCUT2D eigenvalue weighted by Crippen LogP contribution is -2.56. The van der Waals surface area contributed by atoms with E-state index in [1.165, 1.54) is 0 Å². The molecule has 3 atom stereocenters. The van der Waals surface area contributed by atoms with Crippen LogP contribution >= 0.6 is 0 Å². The number of likely N-dealkylation sites (N-methyl/N-ethyl adjacent to an activating group) is 1. The van der Waals surface area contributed by atoms with E-state index in [9.17, 15) is 9.90 Å². The first kappa shape index (κ1) is 17.7. The zero-order chi connectivity index (χ0) is 16.1. The third-order valence-electron chi connectivity index (χ3n) is 4.72. The van der Waals surface area contributed by atoms with Crippen LogP contribution in [-0.2, 0) is 9.53 Å². The number of aliphatic hydroxyl groups excluding tert-OH is 1. The van der Waals surface area contributed by atoms with Crippen molar-refractivity contribution in [2.24, 2.45) is 5.92 Å². The topological polar surface area (TPSA) is 65.0 Å². The highest BCUT2D eigenvalue weighted by Crippen LogP contribution is 2.19. The van der Waals surface area contributed by atoms with Crippen molar-refractivity contribution in [2.45, 2.75) is 44.9 Å². The summed E-state index contributed by atoms with van der Waals surface area (Å²) in [6, 6.07) is -0.214. The second-order valence-electron chi connectivity index (χ2n) is 6.82. The summed E-state index contributed by atoms with van der Waals surface area (Å²) < 4.78 is 5.56. The van der Waals surface area contributed by atoms with Crippen molar-refractivity contribution in [3.8, 4) is 0 Å². The van der Waals surface area contributed by atoms with Gasteiger partial charge in [-0.15, -0.1) is 0 Å². The summed E-state index contributed by atoms with van der Waals surface area (Å²) in [5.41, 5.74) is 0. The molecule has 0 radical (unpaired) electrons. The minimum Gasteiger partial charge on any atom is -0.392 e. The molecule has 1 amide bonds. The number of carbonyl (C=O) groups excluding carboxylic acids is 1. The van der Waals surface area contributed by atoms with Gasteiger partial charge < -0.3 is 25.0 Å². The van der Waals surface area contributed by atoms with Gasteiger partial charge in [-0.05, 0) is 45.7 Å². The van der Waals surface area contributed by atoms with Gasteiger partial charge in [0, 0.05) is 26.7 Å². The lowest BCUT2D eigenvalue weighted by atomic mass is 9.95. The molecule has 2 saturated heterocycles. The summed E-state index contributed by atoms with van der Waals surface area (Å²) in [7, 11) is 1.90. The molecule has 0 aliphatic carbocycles. The van der Waals surface area contributed by atoms with E-state index >= 15 is 0 Å². The molecule has 0 aromatic carbocycles. The Hall–Kier alpha value is -0.690. The number of morpholine rings is 1. The third kappa shape index (κ3) is 4.91. The number of likely N-dealkylation sites (tertiary alicyclic amines) is 1. The molecule has 1 unspecified atom stereocenters. The van der Waals surface area contributed by atoms with Crippen LogP contribution in [0.2, 0.25) is 0 Å². The fourth-order valence-corrected chi connectivity index (χ4v) is 3.45. The number of ether oxygens (including phenoxy) is 1. The van der Waals surface area contributed by atoms with Gasteiger partial charge in [-0.1, -0.05) is 0 Å². The molecular formula is C16H31N3O3. The van der Waals surface area contributed by atoms with Gasteiger partial charge in [-0.2, -0.15) is 0 Å². The van der Waals surface area contributed by atoms with Crippen molar-refractivity contribution in [3.63, 3.8) is 0 Å². The van der Waals surface area contributed by atoms with Crippen LogP contribution in [-0.4, -0.2) is 85.4 Å². The first-order valence-corrected chi connectivity index (χ1v) is 8.47. The van der Waals surface area contributed by atoms with Crippen molar-refractivity contribution in [2.75, 3.05) is 46.4 Å². The van der Waals surface area contributed by atoms with Gasteiger partial charge in [0.05, 0.1) is 18.8 Å². The molecule has 0 aromatic rings. The maximum atomic E-state index is 12.5. The molecule has 0 saturated carbocycles. The van der Waals surface area contributed by atoms with Crippen molar-refractivity contribution in [3.05, 3.63) is 0 Å². The van der Waals surface area contributed by atoms with Gasteiger partial charge in [0.25, 0.3) is 0 Å². The fraction of sp³-hybridized carbons (Fsp3) is 0.938. The smallest absolute Gasteiger partial charge is 0.242 e. The highest BCUT2D eigenvalue weighted by atomic mass is 16.5. The molecule has 6 heteroatoms. The third-order valence-corrected chi connectivity index (χ3v) is 4.72. The average molecular weight is 313 g/mol. The van der Waals surface area contributed by atoms with E-state index in [-0.39, 0.29) is 24.2 Å². The molecule has 2 aliphatic rings. The first-order chi connectivity index (χ1) is 10.5. The molecule has 2 heterocycles.